The maximum absolute atomic E-state index is 14.1. The highest BCUT2D eigenvalue weighted by molar-refractivity contribution is 6.05. The summed E-state index contributed by atoms with van der Waals surface area (Å²) in [6.07, 6.45) is 12.1. The Kier molecular flexibility index (Phi) is 9.76. The van der Waals surface area contributed by atoms with Crippen molar-refractivity contribution in [3.8, 4) is 0 Å². The number of carbonyl (C=O) groups excluding carboxylic acids is 2. The molecule has 8 nitrogen and oxygen atoms in total. The molecule has 2 amide bonds. The fourth-order valence-electron chi connectivity index (χ4n) is 6.09. The van der Waals surface area contributed by atoms with E-state index in [1.807, 2.05) is 30.3 Å². The standard InChI is InChI=1S/C34H44N6O2/c1-33(2,3)28-14-16-29(17-15-28)40(23-24-10-12-27(13-11-24)31(42)37-32(38-35)39-36)30(41)22-34(4)20-18-26(19-21-34)25-8-6-5-7-9-25/h5-13,18-20,28-29,35H,14-17,21-23,36H2,1-4H3,(H,37,39,42). The van der Waals surface area contributed by atoms with Gasteiger partial charge in [-0.25, -0.2) is 5.53 Å². The van der Waals surface area contributed by atoms with Crippen LogP contribution in [0, 0.1) is 22.3 Å². The van der Waals surface area contributed by atoms with Crippen molar-refractivity contribution < 1.29 is 9.59 Å². The van der Waals surface area contributed by atoms with E-state index in [2.05, 4.69) is 78.5 Å². The largest absolute Gasteiger partial charge is 0.335 e. The third-order valence-electron chi connectivity index (χ3n) is 8.82. The van der Waals surface area contributed by atoms with Crippen LogP contribution in [-0.2, 0) is 11.3 Å². The first-order chi connectivity index (χ1) is 20.0. The average molecular weight is 569 g/mol. The molecule has 42 heavy (non-hydrogen) atoms. The van der Waals surface area contributed by atoms with Crippen molar-refractivity contribution in [3.05, 3.63) is 89.5 Å². The summed E-state index contributed by atoms with van der Waals surface area (Å²) < 4.78 is 0. The van der Waals surface area contributed by atoms with E-state index in [1.165, 1.54) is 11.1 Å². The van der Waals surface area contributed by atoms with Gasteiger partial charge >= 0.3 is 0 Å². The van der Waals surface area contributed by atoms with Gasteiger partial charge in [-0.1, -0.05) is 88.4 Å². The Bertz CT molecular complexity index is 1350. The summed E-state index contributed by atoms with van der Waals surface area (Å²) in [5.74, 6) is 5.26. The van der Waals surface area contributed by atoms with Gasteiger partial charge in [0.05, 0.1) is 0 Å². The van der Waals surface area contributed by atoms with Crippen molar-refractivity contribution in [1.82, 2.24) is 10.2 Å². The Balaban J connectivity index is 1.49. The van der Waals surface area contributed by atoms with Crippen LogP contribution in [-0.4, -0.2) is 28.7 Å². The van der Waals surface area contributed by atoms with E-state index >= 15 is 0 Å². The number of allylic oxidation sites excluding steroid dienone is 4. The second kappa shape index (κ2) is 13.3. The summed E-state index contributed by atoms with van der Waals surface area (Å²) in [6.45, 7) is 9.60. The van der Waals surface area contributed by atoms with Gasteiger partial charge in [0.25, 0.3) is 11.9 Å². The number of amides is 2. The first kappa shape index (κ1) is 30.9. The number of hydrogen-bond acceptors (Lipinski definition) is 5. The van der Waals surface area contributed by atoms with E-state index in [0.717, 1.165) is 37.7 Å². The van der Waals surface area contributed by atoms with Crippen LogP contribution in [0.3, 0.4) is 0 Å². The molecular weight excluding hydrogens is 524 g/mol. The van der Waals surface area contributed by atoms with E-state index in [9.17, 15) is 9.59 Å². The molecule has 0 radical (unpaired) electrons. The molecule has 0 aliphatic heterocycles. The first-order valence-electron chi connectivity index (χ1n) is 14.8. The van der Waals surface area contributed by atoms with Gasteiger partial charge < -0.3 is 10.7 Å². The Morgan fingerprint density at radius 2 is 1.71 bits per heavy atom. The number of carbonyl (C=O) groups is 2. The highest BCUT2D eigenvalue weighted by Gasteiger charge is 2.36. The highest BCUT2D eigenvalue weighted by Crippen LogP contribution is 2.41. The maximum Gasteiger partial charge on any atom is 0.265 e. The third-order valence-corrected chi connectivity index (χ3v) is 8.82. The molecule has 2 aromatic carbocycles. The highest BCUT2D eigenvalue weighted by atomic mass is 16.2. The molecule has 222 valence electrons. The molecule has 4 N–H and O–H groups in total. The number of hydrogen-bond donors (Lipinski definition) is 3. The van der Waals surface area contributed by atoms with Gasteiger partial charge in [-0.05, 0) is 77.7 Å². The number of hydrazone groups is 1. The van der Waals surface area contributed by atoms with Gasteiger partial charge in [-0.15, -0.1) is 10.2 Å². The van der Waals surface area contributed by atoms with Gasteiger partial charge in [0.1, 0.15) is 0 Å². The normalized spacial score (nSPS) is 22.7. The molecule has 2 aliphatic carbocycles. The summed E-state index contributed by atoms with van der Waals surface area (Å²) in [7, 11) is 0. The van der Waals surface area contributed by atoms with Crippen LogP contribution in [0.5, 0.6) is 0 Å². The minimum absolute atomic E-state index is 0.167. The molecule has 1 fully saturated rings. The zero-order valence-corrected chi connectivity index (χ0v) is 25.3. The molecule has 8 heteroatoms. The fraction of sp³-hybridized carbons (Fsp3) is 0.441. The number of nitrogens with one attached hydrogen (secondary N) is 2. The smallest absolute Gasteiger partial charge is 0.265 e. The zero-order valence-electron chi connectivity index (χ0n) is 25.3. The average Bonchev–Trinajstić information content (AvgIpc) is 2.99. The summed E-state index contributed by atoms with van der Waals surface area (Å²) in [6, 6.07) is 17.7. The lowest BCUT2D eigenvalue weighted by atomic mass is 9.71. The number of guanidine groups is 1. The monoisotopic (exact) mass is 568 g/mol. The predicted molar refractivity (Wildman–Crippen MR) is 167 cm³/mol. The minimum Gasteiger partial charge on any atom is -0.335 e. The molecule has 1 unspecified atom stereocenters. The van der Waals surface area contributed by atoms with Crippen LogP contribution in [0.2, 0.25) is 0 Å². The second-order valence-electron chi connectivity index (χ2n) is 13.0. The van der Waals surface area contributed by atoms with Crippen molar-refractivity contribution in [2.45, 2.75) is 78.8 Å². The molecular formula is C34H44N6O2. The summed E-state index contributed by atoms with van der Waals surface area (Å²) >= 11 is 0. The van der Waals surface area contributed by atoms with Crippen LogP contribution in [0.4, 0.5) is 0 Å². The zero-order chi connectivity index (χ0) is 30.3. The Labute approximate surface area is 249 Å². The van der Waals surface area contributed by atoms with Crippen LogP contribution < -0.4 is 11.2 Å². The van der Waals surface area contributed by atoms with Crippen LogP contribution in [0.25, 0.3) is 5.57 Å². The van der Waals surface area contributed by atoms with E-state index in [1.54, 1.807) is 12.1 Å². The van der Waals surface area contributed by atoms with Crippen molar-refractivity contribution in [2.75, 3.05) is 0 Å². The molecule has 2 aromatic rings. The Morgan fingerprint density at radius 3 is 2.26 bits per heavy atom. The maximum atomic E-state index is 14.1. The predicted octanol–water partition coefficient (Wildman–Crippen LogP) is 7.05. The number of nitrogens with two attached hydrogens (primary N) is 1. The van der Waals surface area contributed by atoms with Gasteiger partial charge in [-0.2, -0.15) is 0 Å². The molecule has 1 atom stereocenters. The summed E-state index contributed by atoms with van der Waals surface area (Å²) in [4.78, 5) is 28.6. The SMILES string of the molecule is CC1(CC(=O)N(Cc2ccc(C(=O)N/C(N=N)=N/N)cc2)C2CCC(C(C)(C)C)CC2)C=CC(c2ccccc2)=CC1. The van der Waals surface area contributed by atoms with E-state index < -0.39 is 5.91 Å². The lowest BCUT2D eigenvalue weighted by Crippen LogP contribution is -2.44. The molecule has 0 heterocycles. The van der Waals surface area contributed by atoms with Crippen LogP contribution in [0.15, 0.2) is 83.0 Å². The fourth-order valence-corrected chi connectivity index (χ4v) is 6.09. The number of benzene rings is 2. The van der Waals surface area contributed by atoms with Gasteiger partial charge in [-0.3, -0.25) is 14.9 Å². The molecule has 0 spiro atoms. The molecule has 1 saturated carbocycles. The molecule has 2 aliphatic rings. The van der Waals surface area contributed by atoms with Crippen molar-refractivity contribution >= 4 is 23.3 Å². The lowest BCUT2D eigenvalue weighted by molar-refractivity contribution is -0.137. The van der Waals surface area contributed by atoms with Crippen molar-refractivity contribution in [2.24, 2.45) is 32.8 Å². The summed E-state index contributed by atoms with van der Waals surface area (Å²) in [5, 5.41) is 8.75. The molecule has 0 aromatic heterocycles. The van der Waals surface area contributed by atoms with Crippen LogP contribution in [0.1, 0.15) is 87.7 Å². The van der Waals surface area contributed by atoms with Gasteiger partial charge in [0.2, 0.25) is 5.91 Å². The van der Waals surface area contributed by atoms with Crippen molar-refractivity contribution in [3.63, 3.8) is 0 Å². The van der Waals surface area contributed by atoms with Crippen molar-refractivity contribution in [1.29, 1.82) is 5.53 Å². The van der Waals surface area contributed by atoms with E-state index in [-0.39, 0.29) is 28.7 Å². The molecule has 0 bridgehead atoms. The van der Waals surface area contributed by atoms with E-state index in [0.29, 0.717) is 24.4 Å². The van der Waals surface area contributed by atoms with Gasteiger partial charge in [0, 0.05) is 24.6 Å². The van der Waals surface area contributed by atoms with E-state index in [4.69, 9.17) is 11.4 Å². The Hall–Kier alpha value is -4.07. The quantitative estimate of drug-likeness (QED) is 0.109. The van der Waals surface area contributed by atoms with Gasteiger partial charge in [0.15, 0.2) is 0 Å². The molecule has 0 saturated heterocycles. The number of nitrogens with zero attached hydrogens (tertiary/aromatic N) is 3. The number of rotatable bonds is 7. The molecule has 4 rings (SSSR count). The van der Waals surface area contributed by atoms with Crippen LogP contribution >= 0.6 is 0 Å². The topological polar surface area (TPSA) is 124 Å². The minimum atomic E-state index is -0.449. The lowest BCUT2D eigenvalue weighted by Gasteiger charge is -2.42. The Morgan fingerprint density at radius 1 is 1.05 bits per heavy atom. The first-order valence-corrected chi connectivity index (χ1v) is 14.8. The summed E-state index contributed by atoms with van der Waals surface area (Å²) in [5.41, 5.74) is 10.8. The third kappa shape index (κ3) is 7.81. The second-order valence-corrected chi connectivity index (χ2v) is 13.0.